The molecule has 5 heteroatoms. The molecule has 1 amide bonds. The highest BCUT2D eigenvalue weighted by molar-refractivity contribution is 9.10. The molecular formula is C12H12BrClN2O. The molecule has 0 saturated heterocycles. The van der Waals surface area contributed by atoms with E-state index in [9.17, 15) is 4.79 Å². The number of carbonyl (C=O) groups is 1. The first kappa shape index (κ1) is 14.0. The normalized spacial score (nSPS) is 9.76. The molecule has 0 N–H and O–H groups in total. The van der Waals surface area contributed by atoms with Crippen molar-refractivity contribution < 1.29 is 4.79 Å². The number of halogens is 2. The maximum absolute atomic E-state index is 12.1. The molecule has 1 aromatic carbocycles. The van der Waals surface area contributed by atoms with Crippen LogP contribution in [0.4, 0.5) is 0 Å². The predicted octanol–water partition coefficient (Wildman–Crippen LogP) is 3.48. The van der Waals surface area contributed by atoms with Crippen LogP contribution < -0.4 is 0 Å². The topological polar surface area (TPSA) is 44.1 Å². The van der Waals surface area contributed by atoms with E-state index in [0.717, 1.165) is 4.47 Å². The van der Waals surface area contributed by atoms with Gasteiger partial charge in [-0.2, -0.15) is 5.26 Å². The van der Waals surface area contributed by atoms with Crippen molar-refractivity contribution in [1.29, 1.82) is 5.26 Å². The van der Waals surface area contributed by atoms with Crippen LogP contribution in [0.5, 0.6) is 0 Å². The Kier molecular flexibility index (Phi) is 5.46. The number of benzene rings is 1. The van der Waals surface area contributed by atoms with Crippen LogP contribution in [0.15, 0.2) is 22.7 Å². The van der Waals surface area contributed by atoms with Gasteiger partial charge in [-0.15, -0.1) is 0 Å². The zero-order valence-corrected chi connectivity index (χ0v) is 11.8. The Hall–Kier alpha value is -1.05. The number of nitrogens with zero attached hydrogens (tertiary/aromatic N) is 2. The summed E-state index contributed by atoms with van der Waals surface area (Å²) in [6, 6.07) is 7.17. The van der Waals surface area contributed by atoms with Gasteiger partial charge in [0.2, 0.25) is 0 Å². The second-order valence-electron chi connectivity index (χ2n) is 3.42. The van der Waals surface area contributed by atoms with Crippen molar-refractivity contribution in [1.82, 2.24) is 4.90 Å². The van der Waals surface area contributed by atoms with Crippen molar-refractivity contribution in [2.24, 2.45) is 0 Å². The number of carbonyl (C=O) groups excluding carboxylic acids is 1. The lowest BCUT2D eigenvalue weighted by atomic mass is 10.2. The summed E-state index contributed by atoms with van der Waals surface area (Å²) in [5.74, 6) is -0.139. The molecule has 17 heavy (non-hydrogen) atoms. The Bertz CT molecular complexity index is 456. The molecule has 0 atom stereocenters. The smallest absolute Gasteiger partial charge is 0.255 e. The summed E-state index contributed by atoms with van der Waals surface area (Å²) in [4.78, 5) is 13.7. The van der Waals surface area contributed by atoms with Crippen molar-refractivity contribution in [3.8, 4) is 6.07 Å². The van der Waals surface area contributed by atoms with E-state index in [1.807, 2.05) is 13.0 Å². The second-order valence-corrected chi connectivity index (χ2v) is 4.74. The summed E-state index contributed by atoms with van der Waals surface area (Å²) < 4.78 is 0.833. The van der Waals surface area contributed by atoms with E-state index in [1.165, 1.54) is 0 Å². The molecule has 0 heterocycles. The highest BCUT2D eigenvalue weighted by atomic mass is 79.9. The van der Waals surface area contributed by atoms with Gasteiger partial charge in [-0.05, 0) is 25.1 Å². The van der Waals surface area contributed by atoms with Gasteiger partial charge in [0.1, 0.15) is 0 Å². The van der Waals surface area contributed by atoms with Crippen molar-refractivity contribution in [2.45, 2.75) is 13.3 Å². The number of amides is 1. The lowest BCUT2D eigenvalue weighted by Gasteiger charge is -2.20. The zero-order chi connectivity index (χ0) is 12.8. The second kappa shape index (κ2) is 6.63. The Balaban J connectivity index is 2.90. The van der Waals surface area contributed by atoms with Gasteiger partial charge in [0, 0.05) is 17.6 Å². The SMILES string of the molecule is CCN(CCC#N)C(=O)c1ccc(Br)cc1Cl. The molecule has 0 unspecified atom stereocenters. The summed E-state index contributed by atoms with van der Waals surface area (Å²) in [5.41, 5.74) is 0.467. The van der Waals surface area contributed by atoms with Gasteiger partial charge in [0.05, 0.1) is 23.1 Å². The van der Waals surface area contributed by atoms with E-state index < -0.39 is 0 Å². The molecule has 3 nitrogen and oxygen atoms in total. The molecule has 0 bridgehead atoms. The minimum absolute atomic E-state index is 0.139. The van der Waals surface area contributed by atoms with E-state index in [1.54, 1.807) is 23.1 Å². The number of nitriles is 1. The van der Waals surface area contributed by atoms with Crippen LogP contribution in [0.2, 0.25) is 5.02 Å². The molecule has 0 fully saturated rings. The van der Waals surface area contributed by atoms with Crippen LogP contribution >= 0.6 is 27.5 Å². The van der Waals surface area contributed by atoms with Gasteiger partial charge in [0.15, 0.2) is 0 Å². The summed E-state index contributed by atoms with van der Waals surface area (Å²) in [6.45, 7) is 2.87. The van der Waals surface area contributed by atoms with Gasteiger partial charge in [-0.25, -0.2) is 0 Å². The summed E-state index contributed by atoms with van der Waals surface area (Å²) in [5, 5.41) is 8.95. The monoisotopic (exact) mass is 314 g/mol. The quantitative estimate of drug-likeness (QED) is 0.854. The largest absolute Gasteiger partial charge is 0.338 e. The van der Waals surface area contributed by atoms with E-state index >= 15 is 0 Å². The molecular weight excluding hydrogens is 304 g/mol. The molecule has 0 aromatic heterocycles. The van der Waals surface area contributed by atoms with Crippen LogP contribution in [0, 0.1) is 11.3 Å². The number of hydrogen-bond donors (Lipinski definition) is 0. The van der Waals surface area contributed by atoms with Crippen molar-refractivity contribution in [3.05, 3.63) is 33.3 Å². The van der Waals surface area contributed by atoms with Crippen LogP contribution in [0.3, 0.4) is 0 Å². The van der Waals surface area contributed by atoms with Gasteiger partial charge in [0.25, 0.3) is 5.91 Å². The third-order valence-corrected chi connectivity index (χ3v) is 3.13. The van der Waals surface area contributed by atoms with Crippen molar-refractivity contribution >= 4 is 33.4 Å². The standard InChI is InChI=1S/C12H12BrClN2O/c1-2-16(7-3-6-15)12(17)10-5-4-9(13)8-11(10)14/h4-5,8H,2-3,7H2,1H3. The fourth-order valence-corrected chi connectivity index (χ4v) is 2.18. The van der Waals surface area contributed by atoms with Gasteiger partial charge in [-0.1, -0.05) is 27.5 Å². The molecule has 0 aliphatic rings. The first-order valence-electron chi connectivity index (χ1n) is 5.21. The van der Waals surface area contributed by atoms with E-state index in [0.29, 0.717) is 30.1 Å². The van der Waals surface area contributed by atoms with E-state index in [4.69, 9.17) is 16.9 Å². The van der Waals surface area contributed by atoms with Gasteiger partial charge in [-0.3, -0.25) is 4.79 Å². The van der Waals surface area contributed by atoms with Crippen molar-refractivity contribution in [3.63, 3.8) is 0 Å². The fraction of sp³-hybridized carbons (Fsp3) is 0.333. The first-order valence-corrected chi connectivity index (χ1v) is 6.38. The summed E-state index contributed by atoms with van der Waals surface area (Å²) >= 11 is 9.31. The van der Waals surface area contributed by atoms with E-state index in [2.05, 4.69) is 15.9 Å². The maximum Gasteiger partial charge on any atom is 0.255 e. The van der Waals surface area contributed by atoms with Crippen LogP contribution in [0.1, 0.15) is 23.7 Å². The predicted molar refractivity (Wildman–Crippen MR) is 71.0 cm³/mol. The van der Waals surface area contributed by atoms with E-state index in [-0.39, 0.29) is 5.91 Å². The molecule has 1 rings (SSSR count). The Morgan fingerprint density at radius 1 is 1.59 bits per heavy atom. The molecule has 0 spiro atoms. The Morgan fingerprint density at radius 2 is 2.29 bits per heavy atom. The highest BCUT2D eigenvalue weighted by Gasteiger charge is 2.16. The van der Waals surface area contributed by atoms with Gasteiger partial charge < -0.3 is 4.90 Å². The maximum atomic E-state index is 12.1. The molecule has 90 valence electrons. The molecule has 0 aliphatic heterocycles. The molecule has 1 aromatic rings. The zero-order valence-electron chi connectivity index (χ0n) is 9.41. The lowest BCUT2D eigenvalue weighted by Crippen LogP contribution is -2.31. The fourth-order valence-electron chi connectivity index (χ4n) is 1.42. The first-order chi connectivity index (χ1) is 8.10. The average Bonchev–Trinajstić information content (AvgIpc) is 2.29. The highest BCUT2D eigenvalue weighted by Crippen LogP contribution is 2.22. The Morgan fingerprint density at radius 3 is 2.82 bits per heavy atom. The van der Waals surface area contributed by atoms with Gasteiger partial charge >= 0.3 is 0 Å². The van der Waals surface area contributed by atoms with Crippen LogP contribution in [-0.4, -0.2) is 23.9 Å². The molecule has 0 aliphatic carbocycles. The summed E-state index contributed by atoms with van der Waals surface area (Å²) in [7, 11) is 0. The molecule has 0 radical (unpaired) electrons. The van der Waals surface area contributed by atoms with Crippen molar-refractivity contribution in [2.75, 3.05) is 13.1 Å². The minimum atomic E-state index is -0.139. The minimum Gasteiger partial charge on any atom is -0.338 e. The molecule has 0 saturated carbocycles. The van der Waals surface area contributed by atoms with Crippen LogP contribution in [-0.2, 0) is 0 Å². The average molecular weight is 316 g/mol. The summed E-state index contributed by atoms with van der Waals surface area (Å²) in [6.07, 6.45) is 0.327. The number of hydrogen-bond acceptors (Lipinski definition) is 2. The third kappa shape index (κ3) is 3.72. The third-order valence-electron chi connectivity index (χ3n) is 2.32. The van der Waals surface area contributed by atoms with Crippen LogP contribution in [0.25, 0.3) is 0 Å². The Labute approximate surface area is 114 Å². The number of rotatable bonds is 4. The lowest BCUT2D eigenvalue weighted by molar-refractivity contribution is 0.0768.